The molecule has 1 aromatic rings. The number of benzene rings is 1. The molecule has 1 saturated heterocycles. The Morgan fingerprint density at radius 3 is 2.67 bits per heavy atom. The van der Waals surface area contributed by atoms with E-state index < -0.39 is 16.0 Å². The number of carboxylic acids is 1. The normalized spacial score (nSPS) is 20.3. The predicted octanol–water partition coefficient (Wildman–Crippen LogP) is 2.09. The SMILES string of the molecule is O=C(O)CCC1CCCN(S(=O)(=O)Cc2ccccc2)C1. The molecular formula is C15H21NO4S. The Balaban J connectivity index is 1.97. The third-order valence-corrected chi connectivity index (χ3v) is 5.65. The van der Waals surface area contributed by atoms with Crippen molar-refractivity contribution in [2.24, 2.45) is 5.92 Å². The molecule has 0 amide bonds. The summed E-state index contributed by atoms with van der Waals surface area (Å²) < 4.78 is 26.4. The quantitative estimate of drug-likeness (QED) is 0.873. The fourth-order valence-corrected chi connectivity index (χ4v) is 4.36. The van der Waals surface area contributed by atoms with Crippen LogP contribution >= 0.6 is 0 Å². The van der Waals surface area contributed by atoms with E-state index >= 15 is 0 Å². The molecule has 0 aliphatic carbocycles. The Kier molecular flexibility index (Phi) is 5.36. The second-order valence-electron chi connectivity index (χ2n) is 5.54. The lowest BCUT2D eigenvalue weighted by atomic mass is 9.95. The second-order valence-corrected chi connectivity index (χ2v) is 7.51. The number of carbonyl (C=O) groups is 1. The number of rotatable bonds is 6. The molecule has 1 aliphatic heterocycles. The van der Waals surface area contributed by atoms with Gasteiger partial charge in [-0.1, -0.05) is 30.3 Å². The van der Waals surface area contributed by atoms with Crippen LogP contribution in [0.1, 0.15) is 31.2 Å². The van der Waals surface area contributed by atoms with E-state index in [1.54, 1.807) is 0 Å². The largest absolute Gasteiger partial charge is 0.481 e. The van der Waals surface area contributed by atoms with E-state index in [4.69, 9.17) is 5.11 Å². The predicted molar refractivity (Wildman–Crippen MR) is 80.2 cm³/mol. The minimum absolute atomic E-state index is 0.0134. The zero-order valence-electron chi connectivity index (χ0n) is 11.9. The summed E-state index contributed by atoms with van der Waals surface area (Å²) >= 11 is 0. The molecule has 0 spiro atoms. The lowest BCUT2D eigenvalue weighted by Crippen LogP contribution is -2.40. The van der Waals surface area contributed by atoms with Crippen molar-refractivity contribution in [3.8, 4) is 0 Å². The van der Waals surface area contributed by atoms with E-state index in [0.29, 0.717) is 19.5 Å². The second kappa shape index (κ2) is 7.04. The van der Waals surface area contributed by atoms with Gasteiger partial charge in [0.2, 0.25) is 10.0 Å². The summed E-state index contributed by atoms with van der Waals surface area (Å²) in [6.45, 7) is 0.987. The van der Waals surface area contributed by atoms with Crippen LogP contribution in [0.4, 0.5) is 0 Å². The van der Waals surface area contributed by atoms with Gasteiger partial charge in [-0.15, -0.1) is 0 Å². The zero-order chi connectivity index (χ0) is 15.3. The lowest BCUT2D eigenvalue weighted by molar-refractivity contribution is -0.137. The maximum Gasteiger partial charge on any atom is 0.303 e. The molecule has 1 fully saturated rings. The van der Waals surface area contributed by atoms with Gasteiger partial charge in [-0.2, -0.15) is 0 Å². The molecule has 6 heteroatoms. The van der Waals surface area contributed by atoms with E-state index in [1.807, 2.05) is 30.3 Å². The van der Waals surface area contributed by atoms with Crippen molar-refractivity contribution in [3.63, 3.8) is 0 Å². The Bertz CT molecular complexity index is 571. The molecule has 1 aliphatic rings. The van der Waals surface area contributed by atoms with Gasteiger partial charge in [0.05, 0.1) is 5.75 Å². The average molecular weight is 311 g/mol. The Morgan fingerprint density at radius 2 is 2.00 bits per heavy atom. The van der Waals surface area contributed by atoms with Crippen molar-refractivity contribution in [2.75, 3.05) is 13.1 Å². The van der Waals surface area contributed by atoms with Crippen molar-refractivity contribution in [1.82, 2.24) is 4.31 Å². The number of hydrogen-bond acceptors (Lipinski definition) is 3. The molecule has 21 heavy (non-hydrogen) atoms. The summed E-state index contributed by atoms with van der Waals surface area (Å²) in [5.74, 6) is -0.654. The highest BCUT2D eigenvalue weighted by atomic mass is 32.2. The summed E-state index contributed by atoms with van der Waals surface area (Å²) in [4.78, 5) is 10.6. The summed E-state index contributed by atoms with van der Waals surface area (Å²) in [6.07, 6.45) is 2.37. The average Bonchev–Trinajstić information content (AvgIpc) is 2.46. The first-order chi connectivity index (χ1) is 9.97. The van der Waals surface area contributed by atoms with E-state index in [9.17, 15) is 13.2 Å². The zero-order valence-corrected chi connectivity index (χ0v) is 12.8. The van der Waals surface area contributed by atoms with Gasteiger partial charge in [-0.05, 0) is 30.7 Å². The number of nitrogens with zero attached hydrogens (tertiary/aromatic N) is 1. The Morgan fingerprint density at radius 1 is 1.29 bits per heavy atom. The van der Waals surface area contributed by atoms with Crippen LogP contribution in [-0.2, 0) is 20.6 Å². The topological polar surface area (TPSA) is 74.7 Å². The van der Waals surface area contributed by atoms with Gasteiger partial charge >= 0.3 is 5.97 Å². The third-order valence-electron chi connectivity index (χ3n) is 3.83. The summed E-state index contributed by atoms with van der Waals surface area (Å²) in [5.41, 5.74) is 0.783. The van der Waals surface area contributed by atoms with Gasteiger partial charge in [0.25, 0.3) is 0 Å². The van der Waals surface area contributed by atoms with Crippen molar-refractivity contribution < 1.29 is 18.3 Å². The monoisotopic (exact) mass is 311 g/mol. The van der Waals surface area contributed by atoms with Crippen LogP contribution in [0.3, 0.4) is 0 Å². The van der Waals surface area contributed by atoms with Crippen molar-refractivity contribution in [3.05, 3.63) is 35.9 Å². The molecule has 0 bridgehead atoms. The van der Waals surface area contributed by atoms with Crippen LogP contribution in [0.15, 0.2) is 30.3 Å². The molecule has 0 aromatic heterocycles. The summed E-state index contributed by atoms with van der Waals surface area (Å²) in [6, 6.07) is 9.14. The summed E-state index contributed by atoms with van der Waals surface area (Å²) in [5, 5.41) is 8.73. The molecule has 116 valence electrons. The number of carboxylic acid groups (broad SMARTS) is 1. The number of sulfonamides is 1. The molecule has 1 heterocycles. The standard InChI is InChI=1S/C15H21NO4S/c17-15(18)9-8-13-7-4-10-16(11-13)21(19,20)12-14-5-2-1-3-6-14/h1-3,5-6,13H,4,7-12H2,(H,17,18). The molecule has 1 aromatic carbocycles. The third kappa shape index (κ3) is 4.82. The van der Waals surface area contributed by atoms with Gasteiger partial charge < -0.3 is 5.11 Å². The maximum absolute atomic E-state index is 12.4. The highest BCUT2D eigenvalue weighted by Gasteiger charge is 2.29. The van der Waals surface area contributed by atoms with E-state index in [2.05, 4.69) is 0 Å². The molecule has 0 saturated carbocycles. The van der Waals surface area contributed by atoms with Crippen LogP contribution in [0.5, 0.6) is 0 Å². The highest BCUT2D eigenvalue weighted by molar-refractivity contribution is 7.88. The van der Waals surface area contributed by atoms with Gasteiger partial charge in [0, 0.05) is 19.5 Å². The maximum atomic E-state index is 12.4. The van der Waals surface area contributed by atoms with Gasteiger partial charge in [0.1, 0.15) is 0 Å². The molecule has 1 atom stereocenters. The smallest absolute Gasteiger partial charge is 0.303 e. The first kappa shape index (κ1) is 16.0. The fourth-order valence-electron chi connectivity index (χ4n) is 2.72. The molecular weight excluding hydrogens is 290 g/mol. The first-order valence-electron chi connectivity index (χ1n) is 7.21. The molecule has 1 unspecified atom stereocenters. The van der Waals surface area contributed by atoms with Crippen LogP contribution < -0.4 is 0 Å². The molecule has 1 N–H and O–H groups in total. The number of hydrogen-bond donors (Lipinski definition) is 1. The number of aliphatic carboxylic acids is 1. The van der Waals surface area contributed by atoms with Gasteiger partial charge in [-0.3, -0.25) is 4.79 Å². The Hall–Kier alpha value is -1.40. The Labute approximate surface area is 125 Å². The lowest BCUT2D eigenvalue weighted by Gasteiger charge is -2.31. The van der Waals surface area contributed by atoms with Crippen molar-refractivity contribution >= 4 is 16.0 Å². The van der Waals surface area contributed by atoms with Crippen molar-refractivity contribution in [1.29, 1.82) is 0 Å². The molecule has 2 rings (SSSR count). The van der Waals surface area contributed by atoms with E-state index in [0.717, 1.165) is 18.4 Å². The van der Waals surface area contributed by atoms with Crippen LogP contribution in [0, 0.1) is 5.92 Å². The molecule has 0 radical (unpaired) electrons. The minimum atomic E-state index is -3.32. The van der Waals surface area contributed by atoms with Crippen LogP contribution in [0.2, 0.25) is 0 Å². The van der Waals surface area contributed by atoms with Crippen LogP contribution in [0.25, 0.3) is 0 Å². The van der Waals surface area contributed by atoms with Gasteiger partial charge in [-0.25, -0.2) is 12.7 Å². The highest BCUT2D eigenvalue weighted by Crippen LogP contribution is 2.24. The first-order valence-corrected chi connectivity index (χ1v) is 8.82. The summed E-state index contributed by atoms with van der Waals surface area (Å²) in [7, 11) is -3.32. The minimum Gasteiger partial charge on any atom is -0.481 e. The van der Waals surface area contributed by atoms with E-state index in [1.165, 1.54) is 4.31 Å². The molecule has 5 nitrogen and oxygen atoms in total. The van der Waals surface area contributed by atoms with Crippen LogP contribution in [-0.4, -0.2) is 36.9 Å². The van der Waals surface area contributed by atoms with Gasteiger partial charge in [0.15, 0.2) is 0 Å². The van der Waals surface area contributed by atoms with Crippen molar-refractivity contribution in [2.45, 2.75) is 31.4 Å². The number of piperidine rings is 1. The van der Waals surface area contributed by atoms with E-state index in [-0.39, 0.29) is 18.1 Å². The fraction of sp³-hybridized carbons (Fsp3) is 0.533.